The Morgan fingerprint density at radius 3 is 2.75 bits per heavy atom. The number of rotatable bonds is 6. The zero-order valence-corrected chi connectivity index (χ0v) is 11.8. The average molecular weight is 306 g/mol. The number of hydrogen-bond donors (Lipinski definition) is 1. The van der Waals surface area contributed by atoms with Crippen molar-refractivity contribution < 1.29 is 9.90 Å². The maximum absolute atomic E-state index is 10.9. The molecule has 0 aliphatic heterocycles. The van der Waals surface area contributed by atoms with E-state index in [-0.39, 0.29) is 5.92 Å². The molecule has 1 N–H and O–H groups in total. The molecular formula is C11H16BrNO2S. The van der Waals surface area contributed by atoms with Crippen LogP contribution in [0.1, 0.15) is 18.2 Å². The zero-order valence-electron chi connectivity index (χ0n) is 9.44. The number of carbonyl (C=O) groups is 1. The number of nitrogens with zero attached hydrogens (tertiary/aromatic N) is 1. The van der Waals surface area contributed by atoms with Gasteiger partial charge in [0.05, 0.1) is 9.70 Å². The first-order valence-corrected chi connectivity index (χ1v) is 6.79. The Morgan fingerprint density at radius 2 is 2.31 bits per heavy atom. The maximum atomic E-state index is 10.9. The Labute approximate surface area is 108 Å². The second-order valence-corrected chi connectivity index (χ2v) is 6.39. The standard InChI is InChI=1S/C11H16BrNO2S/c1-3-8(11(14)15)6-13(2)7-9-4-5-10(12)16-9/h4-5,8H,3,6-7H2,1-2H3,(H,14,15). The molecule has 0 aromatic carbocycles. The minimum absolute atomic E-state index is 0.270. The third kappa shape index (κ3) is 4.23. The van der Waals surface area contributed by atoms with Crippen molar-refractivity contribution in [2.75, 3.05) is 13.6 Å². The molecule has 0 fully saturated rings. The van der Waals surface area contributed by atoms with Crippen molar-refractivity contribution >= 4 is 33.2 Å². The van der Waals surface area contributed by atoms with Crippen LogP contribution in [-0.2, 0) is 11.3 Å². The molecule has 90 valence electrons. The van der Waals surface area contributed by atoms with Gasteiger partial charge in [-0.15, -0.1) is 11.3 Å². The van der Waals surface area contributed by atoms with E-state index in [0.29, 0.717) is 13.0 Å². The van der Waals surface area contributed by atoms with Crippen molar-refractivity contribution in [1.82, 2.24) is 4.90 Å². The van der Waals surface area contributed by atoms with Crippen molar-refractivity contribution in [3.63, 3.8) is 0 Å². The first-order valence-electron chi connectivity index (χ1n) is 5.18. The molecule has 1 heterocycles. The molecule has 0 saturated heterocycles. The number of thiophene rings is 1. The van der Waals surface area contributed by atoms with Gasteiger partial charge >= 0.3 is 5.97 Å². The minimum Gasteiger partial charge on any atom is -0.481 e. The Morgan fingerprint density at radius 1 is 1.62 bits per heavy atom. The lowest BCUT2D eigenvalue weighted by molar-refractivity contribution is -0.142. The van der Waals surface area contributed by atoms with Gasteiger partial charge in [-0.05, 0) is 41.5 Å². The van der Waals surface area contributed by atoms with Gasteiger partial charge in [0.15, 0.2) is 0 Å². The lowest BCUT2D eigenvalue weighted by Gasteiger charge is -2.19. The molecule has 1 unspecified atom stereocenters. The molecular weight excluding hydrogens is 290 g/mol. The second-order valence-electron chi connectivity index (χ2n) is 3.85. The van der Waals surface area contributed by atoms with Crippen LogP contribution in [0.15, 0.2) is 15.9 Å². The van der Waals surface area contributed by atoms with Crippen LogP contribution in [0.2, 0.25) is 0 Å². The molecule has 1 rings (SSSR count). The first kappa shape index (κ1) is 13.7. The van der Waals surface area contributed by atoms with Crippen molar-refractivity contribution in [2.24, 2.45) is 5.92 Å². The molecule has 5 heteroatoms. The summed E-state index contributed by atoms with van der Waals surface area (Å²) in [4.78, 5) is 14.2. The van der Waals surface area contributed by atoms with E-state index in [4.69, 9.17) is 5.11 Å². The topological polar surface area (TPSA) is 40.5 Å². The number of hydrogen-bond acceptors (Lipinski definition) is 3. The molecule has 3 nitrogen and oxygen atoms in total. The number of aliphatic carboxylic acids is 1. The largest absolute Gasteiger partial charge is 0.481 e. The van der Waals surface area contributed by atoms with Crippen LogP contribution in [0.4, 0.5) is 0 Å². The number of carboxylic acids is 1. The number of halogens is 1. The fourth-order valence-corrected chi connectivity index (χ4v) is 3.09. The fourth-order valence-electron chi connectivity index (χ4n) is 1.53. The lowest BCUT2D eigenvalue weighted by atomic mass is 10.1. The van der Waals surface area contributed by atoms with Gasteiger partial charge in [-0.3, -0.25) is 4.79 Å². The van der Waals surface area contributed by atoms with Crippen molar-refractivity contribution in [2.45, 2.75) is 19.9 Å². The first-order chi connectivity index (χ1) is 7.52. The number of carboxylic acid groups (broad SMARTS) is 1. The molecule has 0 spiro atoms. The van der Waals surface area contributed by atoms with Gasteiger partial charge < -0.3 is 10.0 Å². The molecule has 0 aliphatic rings. The summed E-state index contributed by atoms with van der Waals surface area (Å²) in [6.45, 7) is 3.32. The molecule has 1 atom stereocenters. The summed E-state index contributed by atoms with van der Waals surface area (Å²) in [7, 11) is 1.96. The zero-order chi connectivity index (χ0) is 12.1. The third-order valence-corrected chi connectivity index (χ3v) is 4.04. The fraction of sp³-hybridized carbons (Fsp3) is 0.545. The van der Waals surface area contributed by atoms with E-state index in [2.05, 4.69) is 26.9 Å². The predicted molar refractivity (Wildman–Crippen MR) is 69.8 cm³/mol. The van der Waals surface area contributed by atoms with E-state index < -0.39 is 5.97 Å². The maximum Gasteiger partial charge on any atom is 0.307 e. The third-order valence-electron chi connectivity index (χ3n) is 2.43. The molecule has 0 saturated carbocycles. The molecule has 0 aliphatic carbocycles. The summed E-state index contributed by atoms with van der Waals surface area (Å²) >= 11 is 5.10. The summed E-state index contributed by atoms with van der Waals surface area (Å²) < 4.78 is 1.11. The van der Waals surface area contributed by atoms with E-state index in [0.717, 1.165) is 10.3 Å². The molecule has 1 aromatic rings. The van der Waals surface area contributed by atoms with Crippen molar-refractivity contribution in [3.8, 4) is 0 Å². The lowest BCUT2D eigenvalue weighted by Crippen LogP contribution is -2.29. The Bertz CT molecular complexity index is 354. The molecule has 1 aromatic heterocycles. The van der Waals surface area contributed by atoms with Gasteiger partial charge in [0.1, 0.15) is 0 Å². The van der Waals surface area contributed by atoms with Crippen LogP contribution in [0.5, 0.6) is 0 Å². The highest BCUT2D eigenvalue weighted by molar-refractivity contribution is 9.11. The van der Waals surface area contributed by atoms with Crippen LogP contribution in [-0.4, -0.2) is 29.6 Å². The molecule has 16 heavy (non-hydrogen) atoms. The van der Waals surface area contributed by atoms with Crippen LogP contribution >= 0.6 is 27.3 Å². The van der Waals surface area contributed by atoms with E-state index in [1.54, 1.807) is 11.3 Å². The Balaban J connectivity index is 2.46. The SMILES string of the molecule is CCC(CN(C)Cc1ccc(Br)s1)C(=O)O. The van der Waals surface area contributed by atoms with Crippen molar-refractivity contribution in [1.29, 1.82) is 0 Å². The van der Waals surface area contributed by atoms with Crippen LogP contribution in [0.25, 0.3) is 0 Å². The monoisotopic (exact) mass is 305 g/mol. The van der Waals surface area contributed by atoms with Gasteiger partial charge in [0, 0.05) is 18.0 Å². The smallest absolute Gasteiger partial charge is 0.307 e. The molecule has 0 radical (unpaired) electrons. The second kappa shape index (κ2) is 6.37. The van der Waals surface area contributed by atoms with Crippen LogP contribution in [0, 0.1) is 5.92 Å². The van der Waals surface area contributed by atoms with Gasteiger partial charge in [-0.2, -0.15) is 0 Å². The van der Waals surface area contributed by atoms with E-state index in [1.165, 1.54) is 4.88 Å². The average Bonchev–Trinajstić information content (AvgIpc) is 2.60. The predicted octanol–water partition coefficient (Wildman–Crippen LogP) is 3.05. The Kier molecular flexibility index (Phi) is 5.44. The summed E-state index contributed by atoms with van der Waals surface area (Å²) in [6, 6.07) is 4.08. The summed E-state index contributed by atoms with van der Waals surface area (Å²) in [5, 5.41) is 8.96. The summed E-state index contributed by atoms with van der Waals surface area (Å²) in [5.41, 5.74) is 0. The van der Waals surface area contributed by atoms with Crippen molar-refractivity contribution in [3.05, 3.63) is 20.8 Å². The normalized spacial score (nSPS) is 13.0. The van der Waals surface area contributed by atoms with Gasteiger partial charge in [0.2, 0.25) is 0 Å². The Hall–Kier alpha value is -0.390. The molecule has 0 amide bonds. The molecule has 0 bridgehead atoms. The van der Waals surface area contributed by atoms with E-state index >= 15 is 0 Å². The van der Waals surface area contributed by atoms with Gasteiger partial charge in [0.25, 0.3) is 0 Å². The summed E-state index contributed by atoms with van der Waals surface area (Å²) in [6.07, 6.45) is 0.674. The summed E-state index contributed by atoms with van der Waals surface area (Å²) in [5.74, 6) is -0.977. The quantitative estimate of drug-likeness (QED) is 0.878. The van der Waals surface area contributed by atoms with Crippen LogP contribution in [0.3, 0.4) is 0 Å². The highest BCUT2D eigenvalue weighted by atomic mass is 79.9. The van der Waals surface area contributed by atoms with Gasteiger partial charge in [-0.25, -0.2) is 0 Å². The highest BCUT2D eigenvalue weighted by Gasteiger charge is 2.17. The van der Waals surface area contributed by atoms with Gasteiger partial charge in [-0.1, -0.05) is 6.92 Å². The highest BCUT2D eigenvalue weighted by Crippen LogP contribution is 2.23. The van der Waals surface area contributed by atoms with E-state index in [9.17, 15) is 4.79 Å². The van der Waals surface area contributed by atoms with Crippen LogP contribution < -0.4 is 0 Å². The van der Waals surface area contributed by atoms with E-state index in [1.807, 2.05) is 20.0 Å². The minimum atomic E-state index is -0.707.